The van der Waals surface area contributed by atoms with Gasteiger partial charge in [0.2, 0.25) is 0 Å². The molecule has 3 aromatic rings. The highest BCUT2D eigenvalue weighted by Gasteiger charge is 2.22. The third-order valence-electron chi connectivity index (χ3n) is 4.79. The number of aromatic nitrogens is 1. The van der Waals surface area contributed by atoms with E-state index in [1.807, 2.05) is 25.3 Å². The summed E-state index contributed by atoms with van der Waals surface area (Å²) in [5, 5.41) is 0. The van der Waals surface area contributed by atoms with Crippen LogP contribution in [0, 0.1) is 12.3 Å². The molecule has 0 N–H and O–H groups in total. The van der Waals surface area contributed by atoms with Gasteiger partial charge in [0.05, 0.1) is 0 Å². The standard InChI is InChI=1S/C25H27NO/c1-19-15-23(13-14-26-19)22-11-9-20(10-12-22)16-24(27)18-25(2,3)17-21-7-5-4-6-8-21/h4-15H,16-18H2,1-3H3. The molecule has 0 aliphatic rings. The third kappa shape index (κ3) is 5.62. The van der Waals surface area contributed by atoms with E-state index in [0.717, 1.165) is 28.8 Å². The van der Waals surface area contributed by atoms with Gasteiger partial charge in [-0.1, -0.05) is 68.4 Å². The zero-order chi connectivity index (χ0) is 19.3. The summed E-state index contributed by atoms with van der Waals surface area (Å²) in [6.45, 7) is 6.34. The lowest BCUT2D eigenvalue weighted by Gasteiger charge is -2.24. The number of carbonyl (C=O) groups is 1. The smallest absolute Gasteiger partial charge is 0.137 e. The summed E-state index contributed by atoms with van der Waals surface area (Å²) >= 11 is 0. The first-order valence-corrected chi connectivity index (χ1v) is 9.49. The highest BCUT2D eigenvalue weighted by molar-refractivity contribution is 5.81. The number of hydrogen-bond donors (Lipinski definition) is 0. The van der Waals surface area contributed by atoms with Gasteiger partial charge in [-0.25, -0.2) is 0 Å². The van der Waals surface area contributed by atoms with E-state index in [2.05, 4.69) is 73.4 Å². The predicted octanol–water partition coefficient (Wildman–Crippen LogP) is 5.83. The average Bonchev–Trinajstić information content (AvgIpc) is 2.62. The van der Waals surface area contributed by atoms with E-state index in [4.69, 9.17) is 0 Å². The molecule has 2 nitrogen and oxygen atoms in total. The first-order chi connectivity index (χ1) is 12.9. The van der Waals surface area contributed by atoms with Gasteiger partial charge in [0.1, 0.15) is 5.78 Å². The maximum absolute atomic E-state index is 12.6. The first-order valence-electron chi connectivity index (χ1n) is 9.49. The zero-order valence-corrected chi connectivity index (χ0v) is 16.4. The molecule has 0 amide bonds. The van der Waals surface area contributed by atoms with E-state index < -0.39 is 0 Å². The summed E-state index contributed by atoms with van der Waals surface area (Å²) < 4.78 is 0. The molecule has 0 saturated heterocycles. The number of ketones is 1. The van der Waals surface area contributed by atoms with Crippen molar-refractivity contribution in [1.29, 1.82) is 0 Å². The number of rotatable bonds is 7. The summed E-state index contributed by atoms with van der Waals surface area (Å²) in [6.07, 6.45) is 3.83. The van der Waals surface area contributed by atoms with Crippen LogP contribution in [-0.2, 0) is 17.6 Å². The summed E-state index contributed by atoms with van der Waals surface area (Å²) in [6, 6.07) is 22.8. The van der Waals surface area contributed by atoms with Crippen molar-refractivity contribution in [3.8, 4) is 11.1 Å². The Morgan fingerprint density at radius 2 is 1.59 bits per heavy atom. The first kappa shape index (κ1) is 19.0. The topological polar surface area (TPSA) is 30.0 Å². The Hall–Kier alpha value is -2.74. The number of benzene rings is 2. The third-order valence-corrected chi connectivity index (χ3v) is 4.79. The highest BCUT2D eigenvalue weighted by atomic mass is 16.1. The molecule has 2 aromatic carbocycles. The number of pyridine rings is 1. The Kier molecular flexibility index (Phi) is 5.85. The van der Waals surface area contributed by atoms with E-state index in [-0.39, 0.29) is 5.41 Å². The Labute approximate surface area is 162 Å². The van der Waals surface area contributed by atoms with Gasteiger partial charge in [0.25, 0.3) is 0 Å². The molecule has 138 valence electrons. The molecular formula is C25H27NO. The second-order valence-corrected chi connectivity index (χ2v) is 8.10. The Morgan fingerprint density at radius 1 is 0.889 bits per heavy atom. The highest BCUT2D eigenvalue weighted by Crippen LogP contribution is 2.27. The van der Waals surface area contributed by atoms with Crippen LogP contribution in [0.3, 0.4) is 0 Å². The summed E-state index contributed by atoms with van der Waals surface area (Å²) in [5.41, 5.74) is 5.64. The number of hydrogen-bond acceptors (Lipinski definition) is 2. The molecule has 0 fully saturated rings. The van der Waals surface area contributed by atoms with Crippen LogP contribution < -0.4 is 0 Å². The fourth-order valence-electron chi connectivity index (χ4n) is 3.58. The van der Waals surface area contributed by atoms with E-state index >= 15 is 0 Å². The second kappa shape index (κ2) is 8.30. The van der Waals surface area contributed by atoms with Crippen molar-refractivity contribution in [1.82, 2.24) is 4.98 Å². The van der Waals surface area contributed by atoms with Crippen molar-refractivity contribution in [2.24, 2.45) is 5.41 Å². The predicted molar refractivity (Wildman–Crippen MR) is 112 cm³/mol. The van der Waals surface area contributed by atoms with Crippen LogP contribution in [0.25, 0.3) is 11.1 Å². The fraction of sp³-hybridized carbons (Fsp3) is 0.280. The number of Topliss-reactive ketones (excluding diaryl/α,β-unsaturated/α-hetero) is 1. The quantitative estimate of drug-likeness (QED) is 0.533. The maximum atomic E-state index is 12.6. The molecule has 0 atom stereocenters. The van der Waals surface area contributed by atoms with Gasteiger partial charge in [0.15, 0.2) is 0 Å². The van der Waals surface area contributed by atoms with E-state index in [0.29, 0.717) is 18.6 Å². The van der Waals surface area contributed by atoms with Crippen molar-refractivity contribution in [3.63, 3.8) is 0 Å². The van der Waals surface area contributed by atoms with Crippen LogP contribution >= 0.6 is 0 Å². The lowest BCUT2D eigenvalue weighted by atomic mass is 9.80. The van der Waals surface area contributed by atoms with Crippen molar-refractivity contribution in [3.05, 3.63) is 89.7 Å². The molecule has 0 aliphatic heterocycles. The lowest BCUT2D eigenvalue weighted by molar-refractivity contribution is -0.120. The summed E-state index contributed by atoms with van der Waals surface area (Å²) in [5.74, 6) is 0.295. The largest absolute Gasteiger partial charge is 0.299 e. The molecule has 0 bridgehead atoms. The van der Waals surface area contributed by atoms with Gasteiger partial charge in [-0.15, -0.1) is 0 Å². The van der Waals surface area contributed by atoms with Crippen LogP contribution in [0.4, 0.5) is 0 Å². The van der Waals surface area contributed by atoms with Crippen LogP contribution in [0.5, 0.6) is 0 Å². The minimum atomic E-state index is -0.0348. The molecule has 1 heterocycles. The molecule has 0 aliphatic carbocycles. The van der Waals surface area contributed by atoms with E-state index in [1.165, 1.54) is 5.56 Å². The minimum Gasteiger partial charge on any atom is -0.299 e. The van der Waals surface area contributed by atoms with Crippen molar-refractivity contribution in [2.75, 3.05) is 0 Å². The molecule has 0 spiro atoms. The molecule has 27 heavy (non-hydrogen) atoms. The van der Waals surface area contributed by atoms with Crippen LogP contribution in [0.15, 0.2) is 72.9 Å². The summed E-state index contributed by atoms with van der Waals surface area (Å²) in [4.78, 5) is 16.9. The van der Waals surface area contributed by atoms with Crippen LogP contribution in [0.1, 0.15) is 37.1 Å². The molecule has 3 rings (SSSR count). The summed E-state index contributed by atoms with van der Waals surface area (Å²) in [7, 11) is 0. The van der Waals surface area contributed by atoms with Crippen molar-refractivity contribution in [2.45, 2.75) is 40.0 Å². The molecule has 0 saturated carbocycles. The van der Waals surface area contributed by atoms with Crippen LogP contribution in [-0.4, -0.2) is 10.8 Å². The Balaban J connectivity index is 1.60. The fourth-order valence-corrected chi connectivity index (χ4v) is 3.58. The lowest BCUT2D eigenvalue weighted by Crippen LogP contribution is -2.21. The van der Waals surface area contributed by atoms with Gasteiger partial charge in [-0.3, -0.25) is 9.78 Å². The van der Waals surface area contributed by atoms with Gasteiger partial charge >= 0.3 is 0 Å². The SMILES string of the molecule is Cc1cc(-c2ccc(CC(=O)CC(C)(C)Cc3ccccc3)cc2)ccn1. The number of nitrogens with zero attached hydrogens (tertiary/aromatic N) is 1. The average molecular weight is 357 g/mol. The van der Waals surface area contributed by atoms with Gasteiger partial charge in [-0.05, 0) is 53.1 Å². The normalized spacial score (nSPS) is 11.4. The molecular weight excluding hydrogens is 330 g/mol. The Bertz CT molecular complexity index is 895. The zero-order valence-electron chi connectivity index (χ0n) is 16.4. The molecule has 0 unspecified atom stereocenters. The van der Waals surface area contributed by atoms with Gasteiger partial charge in [0, 0.05) is 24.7 Å². The number of aryl methyl sites for hydroxylation is 1. The van der Waals surface area contributed by atoms with Gasteiger partial charge in [-0.2, -0.15) is 0 Å². The molecule has 2 heteroatoms. The van der Waals surface area contributed by atoms with Crippen LogP contribution in [0.2, 0.25) is 0 Å². The minimum absolute atomic E-state index is 0.0348. The van der Waals surface area contributed by atoms with Gasteiger partial charge < -0.3 is 0 Å². The van der Waals surface area contributed by atoms with Crippen molar-refractivity contribution < 1.29 is 4.79 Å². The maximum Gasteiger partial charge on any atom is 0.137 e. The number of carbonyl (C=O) groups excluding carboxylic acids is 1. The second-order valence-electron chi connectivity index (χ2n) is 8.10. The van der Waals surface area contributed by atoms with E-state index in [1.54, 1.807) is 0 Å². The van der Waals surface area contributed by atoms with E-state index in [9.17, 15) is 4.79 Å². The van der Waals surface area contributed by atoms with Crippen molar-refractivity contribution >= 4 is 5.78 Å². The molecule has 0 radical (unpaired) electrons. The Morgan fingerprint density at radius 3 is 2.26 bits per heavy atom. The molecule has 1 aromatic heterocycles. The monoisotopic (exact) mass is 357 g/mol.